The highest BCUT2D eigenvalue weighted by atomic mass is 16.3. The number of nitrogens with zero attached hydrogens (tertiary/aromatic N) is 4. The maximum absolute atomic E-state index is 10.4. The molecule has 4 aromatic heterocycles. The van der Waals surface area contributed by atoms with Crippen molar-refractivity contribution in [2.24, 2.45) is 0 Å². The van der Waals surface area contributed by atoms with Gasteiger partial charge < -0.3 is 18.0 Å². The Labute approximate surface area is 283 Å². The fourth-order valence-electron chi connectivity index (χ4n) is 8.19. The van der Waals surface area contributed by atoms with Crippen LogP contribution in [-0.2, 0) is 0 Å². The lowest BCUT2D eigenvalue weighted by molar-refractivity contribution is 0.669. The monoisotopic (exact) mass is 638 g/mol. The molecule has 0 saturated carbocycles. The van der Waals surface area contributed by atoms with Crippen LogP contribution in [0.25, 0.3) is 98.9 Å². The first kappa shape index (κ1) is 26.8. The van der Waals surface area contributed by atoms with E-state index in [4.69, 9.17) is 8.83 Å². The minimum absolute atomic E-state index is 0.316. The summed E-state index contributed by atoms with van der Waals surface area (Å²) in [6, 6.07) is 49.6. The van der Waals surface area contributed by atoms with Crippen LogP contribution in [0.4, 0.5) is 0 Å². The molecule has 0 aliphatic carbocycles. The topological polar surface area (TPSA) is 83.7 Å². The van der Waals surface area contributed by atoms with Gasteiger partial charge in [0.25, 0.3) is 0 Å². The molecule has 11 aromatic rings. The lowest BCUT2D eigenvalue weighted by Crippen LogP contribution is -2.05. The molecule has 6 heteroatoms. The van der Waals surface area contributed by atoms with Crippen molar-refractivity contribution in [2.45, 2.75) is 0 Å². The number of furan rings is 2. The third kappa shape index (κ3) is 3.34. The summed E-state index contributed by atoms with van der Waals surface area (Å²) in [5.41, 5.74) is 9.44. The van der Waals surface area contributed by atoms with Gasteiger partial charge in [0.15, 0.2) is 0 Å². The Morgan fingerprint density at radius 2 is 0.780 bits per heavy atom. The summed E-state index contributed by atoms with van der Waals surface area (Å²) in [5.74, 6) is 0. The molecule has 6 nitrogen and oxygen atoms in total. The lowest BCUT2D eigenvalue weighted by Gasteiger charge is -2.18. The van der Waals surface area contributed by atoms with Gasteiger partial charge in [-0.05, 0) is 60.7 Å². The van der Waals surface area contributed by atoms with Crippen LogP contribution in [0.3, 0.4) is 0 Å². The highest BCUT2D eigenvalue weighted by molar-refractivity contribution is 6.29. The van der Waals surface area contributed by atoms with Crippen LogP contribution < -0.4 is 0 Å². The zero-order chi connectivity index (χ0) is 33.1. The predicted octanol–water partition coefficient (Wildman–Crippen LogP) is 11.4. The van der Waals surface area contributed by atoms with Crippen molar-refractivity contribution >= 4 is 87.5 Å². The average molecular weight is 639 g/mol. The van der Waals surface area contributed by atoms with Crippen LogP contribution in [0, 0.1) is 22.7 Å². The van der Waals surface area contributed by atoms with Gasteiger partial charge in [-0.1, -0.05) is 72.8 Å². The van der Waals surface area contributed by atoms with Gasteiger partial charge in [-0.15, -0.1) is 0 Å². The van der Waals surface area contributed by atoms with E-state index < -0.39 is 0 Å². The van der Waals surface area contributed by atoms with Crippen LogP contribution in [0.5, 0.6) is 0 Å². The molecule has 11 rings (SSSR count). The standard InChI is InChI=1S/C44H22N4O2/c45-23-25-21-35(47-31-13-5-1-9-27(31)41-33(47)17-19-39-43(41)29-11-3-7-15-37(29)49-39)36(22-26(25)24-46)48-32-14-6-2-10-28(32)42-34(48)18-20-40-44(42)30-12-4-8-16-38(30)50-40/h1-22H. The molecule has 0 atom stereocenters. The molecule has 7 aromatic carbocycles. The largest absolute Gasteiger partial charge is 0.456 e. The number of nitriles is 2. The van der Waals surface area contributed by atoms with Crippen molar-refractivity contribution in [3.8, 4) is 23.5 Å². The highest BCUT2D eigenvalue weighted by Gasteiger charge is 2.25. The summed E-state index contributed by atoms with van der Waals surface area (Å²) in [4.78, 5) is 0. The van der Waals surface area contributed by atoms with Crippen LogP contribution in [0.1, 0.15) is 11.1 Å². The first-order valence-electron chi connectivity index (χ1n) is 16.4. The molecule has 0 N–H and O–H groups in total. The van der Waals surface area contributed by atoms with Gasteiger partial charge in [-0.2, -0.15) is 10.5 Å². The number of benzene rings is 7. The predicted molar refractivity (Wildman–Crippen MR) is 199 cm³/mol. The molecule has 0 spiro atoms. The molecule has 0 aliphatic rings. The minimum Gasteiger partial charge on any atom is -0.456 e. The van der Waals surface area contributed by atoms with Gasteiger partial charge in [0, 0.05) is 43.1 Å². The smallest absolute Gasteiger partial charge is 0.136 e. The number of aromatic nitrogens is 2. The number of hydrogen-bond acceptors (Lipinski definition) is 4. The number of fused-ring (bicyclic) bond motifs is 14. The summed E-state index contributed by atoms with van der Waals surface area (Å²) < 4.78 is 17.1. The Bertz CT molecular complexity index is 3130. The second-order valence-electron chi connectivity index (χ2n) is 12.7. The molecule has 0 unspecified atom stereocenters. The van der Waals surface area contributed by atoms with Crippen molar-refractivity contribution < 1.29 is 8.83 Å². The van der Waals surface area contributed by atoms with Gasteiger partial charge in [0.05, 0.1) is 44.6 Å². The molecule has 50 heavy (non-hydrogen) atoms. The zero-order valence-electron chi connectivity index (χ0n) is 26.3. The van der Waals surface area contributed by atoms with Crippen molar-refractivity contribution in [1.29, 1.82) is 10.5 Å². The van der Waals surface area contributed by atoms with E-state index in [-0.39, 0.29) is 0 Å². The molecule has 0 saturated heterocycles. The fraction of sp³-hybridized carbons (Fsp3) is 0. The molecule has 0 aliphatic heterocycles. The Kier molecular flexibility index (Phi) is 5.16. The second kappa shape index (κ2) is 9.64. The van der Waals surface area contributed by atoms with Gasteiger partial charge >= 0.3 is 0 Å². The van der Waals surface area contributed by atoms with Crippen LogP contribution in [0.15, 0.2) is 142 Å². The van der Waals surface area contributed by atoms with Crippen LogP contribution in [0.2, 0.25) is 0 Å². The Morgan fingerprint density at radius 1 is 0.380 bits per heavy atom. The molecule has 0 amide bonds. The van der Waals surface area contributed by atoms with Crippen molar-refractivity contribution in [3.05, 3.63) is 145 Å². The third-order valence-corrected chi connectivity index (χ3v) is 10.2. The average Bonchev–Trinajstić information content (AvgIpc) is 3.91. The Hall–Kier alpha value is -7.28. The normalized spacial score (nSPS) is 12.0. The molecule has 0 bridgehead atoms. The Balaban J connectivity index is 1.34. The summed E-state index contributed by atoms with van der Waals surface area (Å²) in [5, 5.41) is 29.2. The van der Waals surface area contributed by atoms with E-state index >= 15 is 0 Å². The third-order valence-electron chi connectivity index (χ3n) is 10.2. The fourth-order valence-corrected chi connectivity index (χ4v) is 8.19. The molecule has 0 radical (unpaired) electrons. The van der Waals surface area contributed by atoms with Crippen molar-refractivity contribution in [3.63, 3.8) is 0 Å². The summed E-state index contributed by atoms with van der Waals surface area (Å²) in [6.07, 6.45) is 0. The summed E-state index contributed by atoms with van der Waals surface area (Å²) in [7, 11) is 0. The summed E-state index contributed by atoms with van der Waals surface area (Å²) >= 11 is 0. The molecule has 4 heterocycles. The molecular weight excluding hydrogens is 617 g/mol. The van der Waals surface area contributed by atoms with Crippen LogP contribution >= 0.6 is 0 Å². The van der Waals surface area contributed by atoms with E-state index in [9.17, 15) is 10.5 Å². The van der Waals surface area contributed by atoms with Crippen molar-refractivity contribution in [1.82, 2.24) is 9.13 Å². The van der Waals surface area contributed by atoms with E-state index in [0.29, 0.717) is 11.1 Å². The number of hydrogen-bond donors (Lipinski definition) is 0. The van der Waals surface area contributed by atoms with E-state index in [1.165, 1.54) is 0 Å². The maximum atomic E-state index is 10.4. The lowest BCUT2D eigenvalue weighted by atomic mass is 10.0. The van der Waals surface area contributed by atoms with Crippen LogP contribution in [-0.4, -0.2) is 9.13 Å². The first-order chi connectivity index (χ1) is 24.7. The van der Waals surface area contributed by atoms with E-state index in [0.717, 1.165) is 98.9 Å². The SMILES string of the molecule is N#Cc1cc(-n2c3ccccc3c3c4c(ccc32)oc2ccccc24)c(-n2c3ccccc3c3c4c(ccc32)oc2ccccc24)cc1C#N. The minimum atomic E-state index is 0.316. The summed E-state index contributed by atoms with van der Waals surface area (Å²) in [6.45, 7) is 0. The molecular formula is C44H22N4O2. The van der Waals surface area contributed by atoms with E-state index in [1.54, 1.807) is 0 Å². The van der Waals surface area contributed by atoms with Crippen molar-refractivity contribution in [2.75, 3.05) is 0 Å². The number of rotatable bonds is 2. The van der Waals surface area contributed by atoms with Gasteiger partial charge in [-0.25, -0.2) is 0 Å². The van der Waals surface area contributed by atoms with E-state index in [1.807, 2.05) is 72.8 Å². The Morgan fingerprint density at radius 3 is 1.22 bits per heavy atom. The van der Waals surface area contributed by atoms with Gasteiger partial charge in [-0.3, -0.25) is 0 Å². The first-order valence-corrected chi connectivity index (χ1v) is 16.4. The zero-order valence-corrected chi connectivity index (χ0v) is 26.3. The van der Waals surface area contributed by atoms with Gasteiger partial charge in [0.2, 0.25) is 0 Å². The molecule has 230 valence electrons. The number of para-hydroxylation sites is 4. The quantitative estimate of drug-likeness (QED) is 0.189. The second-order valence-corrected chi connectivity index (χ2v) is 12.7. The highest BCUT2D eigenvalue weighted by Crippen LogP contribution is 2.45. The molecule has 0 fully saturated rings. The van der Waals surface area contributed by atoms with Gasteiger partial charge in [0.1, 0.15) is 34.5 Å². The van der Waals surface area contributed by atoms with E-state index in [2.05, 4.69) is 81.9 Å². The maximum Gasteiger partial charge on any atom is 0.136 e.